The third kappa shape index (κ3) is 5.96. The topological polar surface area (TPSA) is 8.17 Å². The Balaban J connectivity index is 1.01. The molecule has 17 rings (SSSR count). The van der Waals surface area contributed by atoms with Crippen LogP contribution in [0.25, 0.3) is 92.2 Å². The minimum atomic E-state index is -0.544. The molecule has 356 valence electrons. The van der Waals surface area contributed by atoms with E-state index in [-0.39, 0.29) is 6.71 Å². The summed E-state index contributed by atoms with van der Waals surface area (Å²) in [5.41, 5.74) is 25.6. The zero-order valence-corrected chi connectivity index (χ0v) is 42.7. The number of rotatable bonds is 6. The molecule has 0 atom stereocenters. The molecule has 2 aliphatic heterocycles. The number of thiophene rings is 1. The highest BCUT2D eigenvalue weighted by Gasteiger charge is 2.48. The van der Waals surface area contributed by atoms with Gasteiger partial charge in [0.15, 0.2) is 0 Å². The second kappa shape index (κ2) is 16.3. The lowest BCUT2D eigenvalue weighted by Gasteiger charge is -2.41. The molecule has 0 amide bonds. The zero-order chi connectivity index (χ0) is 50.3. The molecular weight excluding hydrogens is 948 g/mol. The minimum Gasteiger partial charge on any atom is -0.311 e. The average Bonchev–Trinajstić information content (AvgIpc) is 4.34. The van der Waals surface area contributed by atoms with Crippen molar-refractivity contribution in [2.24, 2.45) is 0 Å². The lowest BCUT2D eigenvalue weighted by Crippen LogP contribution is -2.60. The van der Waals surface area contributed by atoms with E-state index in [1.807, 2.05) is 11.3 Å². The lowest BCUT2D eigenvalue weighted by atomic mass is 9.33. The van der Waals surface area contributed by atoms with Crippen LogP contribution in [0.3, 0.4) is 0 Å². The number of hydrogen-bond acceptors (Lipinski definition) is 2. The molecule has 1 aliphatic carbocycles. The van der Waals surface area contributed by atoms with E-state index in [2.05, 4.69) is 282 Å². The van der Waals surface area contributed by atoms with Crippen molar-refractivity contribution in [3.63, 3.8) is 0 Å². The lowest BCUT2D eigenvalue weighted by molar-refractivity contribution is 0.769. The van der Waals surface area contributed by atoms with Gasteiger partial charge in [-0.2, -0.15) is 0 Å². The summed E-state index contributed by atoms with van der Waals surface area (Å²) in [5, 5.41) is 5.14. The standard InChI is InChI=1S/C73H45BN2S/c1-5-21-46(22-6-1)48-25-19-26-49(39-48)53-31-14-17-37-64(53)75-66-43-59-55-33-15-18-38-69(55)77-70(59)45-63(66)74-62-36-20-34-56-58-42-57-54-32-13-16-35-60(54)73(51-27-9-3-10-28-51,52-29-11-4-12-30-52)61(57)44-65(58)76(72(56)62)68-41-50(40-67(75)71(68)74)47-23-7-2-8-24-47/h1-45H. The molecule has 77 heavy (non-hydrogen) atoms. The molecule has 4 heteroatoms. The van der Waals surface area contributed by atoms with Gasteiger partial charge >= 0.3 is 0 Å². The molecule has 0 fully saturated rings. The van der Waals surface area contributed by atoms with Gasteiger partial charge in [-0.05, 0) is 132 Å². The summed E-state index contributed by atoms with van der Waals surface area (Å²) in [6.07, 6.45) is 0. The maximum Gasteiger partial charge on any atom is 0.252 e. The quantitative estimate of drug-likeness (QED) is 0.151. The highest BCUT2D eigenvalue weighted by molar-refractivity contribution is 7.26. The molecule has 0 bridgehead atoms. The van der Waals surface area contributed by atoms with Crippen LogP contribution in [0.1, 0.15) is 22.3 Å². The van der Waals surface area contributed by atoms with Gasteiger partial charge in [0.25, 0.3) is 6.71 Å². The van der Waals surface area contributed by atoms with Crippen molar-refractivity contribution in [3.8, 4) is 50.2 Å². The van der Waals surface area contributed by atoms with Crippen LogP contribution in [0.4, 0.5) is 17.1 Å². The molecule has 0 saturated carbocycles. The fraction of sp³-hybridized carbons (Fsp3) is 0.0137. The largest absolute Gasteiger partial charge is 0.311 e. The molecule has 2 nitrogen and oxygen atoms in total. The predicted octanol–water partition coefficient (Wildman–Crippen LogP) is 17.1. The second-order valence-corrected chi connectivity index (χ2v) is 22.1. The monoisotopic (exact) mass is 992 g/mol. The van der Waals surface area contributed by atoms with E-state index in [4.69, 9.17) is 0 Å². The molecule has 12 aromatic carbocycles. The zero-order valence-electron chi connectivity index (χ0n) is 41.9. The number of fused-ring (bicyclic) bond motifs is 13. The fourth-order valence-corrected chi connectivity index (χ4v) is 15.2. The summed E-state index contributed by atoms with van der Waals surface area (Å²) < 4.78 is 5.29. The molecule has 14 aromatic rings. The summed E-state index contributed by atoms with van der Waals surface area (Å²) in [5.74, 6) is 0. The highest BCUT2D eigenvalue weighted by atomic mass is 32.1. The van der Waals surface area contributed by atoms with E-state index in [1.165, 1.54) is 142 Å². The van der Waals surface area contributed by atoms with Crippen molar-refractivity contribution in [1.29, 1.82) is 0 Å². The Bertz CT molecular complexity index is 4710. The Morgan fingerprint density at radius 2 is 0.935 bits per heavy atom. The number of hydrogen-bond donors (Lipinski definition) is 0. The molecule has 4 heterocycles. The maximum atomic E-state index is 2.67. The molecule has 3 aliphatic rings. The number of aromatic nitrogens is 1. The van der Waals surface area contributed by atoms with E-state index < -0.39 is 5.41 Å². The van der Waals surface area contributed by atoms with Crippen LogP contribution >= 0.6 is 11.3 Å². The van der Waals surface area contributed by atoms with Gasteiger partial charge in [-0.15, -0.1) is 11.3 Å². The Morgan fingerprint density at radius 3 is 1.71 bits per heavy atom. The number of anilines is 3. The smallest absolute Gasteiger partial charge is 0.252 e. The van der Waals surface area contributed by atoms with Gasteiger partial charge in [-0.3, -0.25) is 0 Å². The van der Waals surface area contributed by atoms with Crippen molar-refractivity contribution in [2.45, 2.75) is 5.41 Å². The van der Waals surface area contributed by atoms with Crippen LogP contribution < -0.4 is 21.3 Å². The molecular formula is C73H45BN2S. The van der Waals surface area contributed by atoms with Crippen LogP contribution in [-0.2, 0) is 5.41 Å². The SMILES string of the molecule is c1ccc(-c2cccc(-c3ccccc3N3c4cc5c(cc4B4c6c3cc(-c3ccccc3)cc6-n3c6cc7c(cc6c6cccc4c63)-c3ccccc3C7(c3ccccc3)c3ccccc3)sc3ccccc35)c2)cc1. The van der Waals surface area contributed by atoms with Crippen molar-refractivity contribution in [3.05, 3.63) is 295 Å². The summed E-state index contributed by atoms with van der Waals surface area (Å²) >= 11 is 1.91. The van der Waals surface area contributed by atoms with E-state index in [9.17, 15) is 0 Å². The van der Waals surface area contributed by atoms with E-state index in [1.54, 1.807) is 0 Å². The minimum absolute atomic E-state index is 0.0416. The van der Waals surface area contributed by atoms with Gasteiger partial charge in [0, 0.05) is 59.1 Å². The number of benzene rings is 12. The Labute approximate surface area is 451 Å². The average molecular weight is 993 g/mol. The van der Waals surface area contributed by atoms with Crippen molar-refractivity contribution < 1.29 is 0 Å². The molecule has 0 radical (unpaired) electrons. The van der Waals surface area contributed by atoms with Crippen LogP contribution in [0.5, 0.6) is 0 Å². The Morgan fingerprint density at radius 1 is 0.325 bits per heavy atom. The normalized spacial score (nSPS) is 13.5. The van der Waals surface area contributed by atoms with Gasteiger partial charge < -0.3 is 9.47 Å². The van der Waals surface area contributed by atoms with E-state index in [0.717, 1.165) is 5.69 Å². The van der Waals surface area contributed by atoms with Crippen LogP contribution in [-0.4, -0.2) is 11.3 Å². The Kier molecular flexibility index (Phi) is 9.05. The summed E-state index contributed by atoms with van der Waals surface area (Å²) in [7, 11) is 0. The molecule has 0 spiro atoms. The first-order valence-corrected chi connectivity index (χ1v) is 27.6. The van der Waals surface area contributed by atoms with E-state index in [0.29, 0.717) is 0 Å². The molecule has 2 aromatic heterocycles. The third-order valence-corrected chi connectivity index (χ3v) is 18.4. The van der Waals surface area contributed by atoms with Crippen LogP contribution in [0.15, 0.2) is 273 Å². The highest BCUT2D eigenvalue weighted by Crippen LogP contribution is 2.58. The first kappa shape index (κ1) is 42.8. The predicted molar refractivity (Wildman–Crippen MR) is 327 cm³/mol. The third-order valence-electron chi connectivity index (χ3n) is 17.2. The number of para-hydroxylation sites is 2. The number of nitrogens with zero attached hydrogens (tertiary/aromatic N) is 2. The molecule has 0 saturated heterocycles. The van der Waals surface area contributed by atoms with Crippen LogP contribution in [0.2, 0.25) is 0 Å². The first-order valence-electron chi connectivity index (χ1n) is 26.8. The first-order chi connectivity index (χ1) is 38.2. The van der Waals surface area contributed by atoms with Gasteiger partial charge in [0.1, 0.15) is 0 Å². The summed E-state index contributed by atoms with van der Waals surface area (Å²) in [6, 6.07) is 103. The van der Waals surface area contributed by atoms with Gasteiger partial charge in [0.05, 0.1) is 16.6 Å². The van der Waals surface area contributed by atoms with E-state index >= 15 is 0 Å². The summed E-state index contributed by atoms with van der Waals surface area (Å²) in [6.45, 7) is -0.0416. The molecule has 0 N–H and O–H groups in total. The van der Waals surface area contributed by atoms with Gasteiger partial charge in [0.2, 0.25) is 0 Å². The van der Waals surface area contributed by atoms with Crippen molar-refractivity contribution >= 4 is 93.5 Å². The van der Waals surface area contributed by atoms with Crippen molar-refractivity contribution in [1.82, 2.24) is 4.57 Å². The fourth-order valence-electron chi connectivity index (χ4n) is 14.1. The summed E-state index contributed by atoms with van der Waals surface area (Å²) in [4.78, 5) is 2.63. The maximum absolute atomic E-state index is 2.67. The van der Waals surface area contributed by atoms with Gasteiger partial charge in [-0.1, -0.05) is 218 Å². The molecule has 0 unspecified atom stereocenters. The van der Waals surface area contributed by atoms with Crippen LogP contribution in [0, 0.1) is 0 Å². The Hall–Kier alpha value is -9.48. The van der Waals surface area contributed by atoms with Gasteiger partial charge in [-0.25, -0.2) is 0 Å². The second-order valence-electron chi connectivity index (χ2n) is 21.1. The van der Waals surface area contributed by atoms with Crippen molar-refractivity contribution in [2.75, 3.05) is 4.90 Å².